The van der Waals surface area contributed by atoms with Crippen LogP contribution in [0.4, 0.5) is 10.1 Å². The number of hydrogen-bond donors (Lipinski definition) is 3. The molecule has 0 fully saturated rings. The minimum atomic E-state index is -0.962. The van der Waals surface area contributed by atoms with E-state index in [9.17, 15) is 14.6 Å². The molecule has 124 valence electrons. The number of aliphatic hydroxyl groups excluding tert-OH is 1. The number of aliphatic hydroxyl groups is 1. The van der Waals surface area contributed by atoms with Gasteiger partial charge in [-0.05, 0) is 61.6 Å². The van der Waals surface area contributed by atoms with Crippen LogP contribution in [0.1, 0.15) is 35.6 Å². The van der Waals surface area contributed by atoms with E-state index in [1.54, 1.807) is 12.1 Å². The summed E-state index contributed by atoms with van der Waals surface area (Å²) in [5.41, 5.74) is 7.93. The van der Waals surface area contributed by atoms with Crippen molar-refractivity contribution in [2.24, 2.45) is 0 Å². The molecule has 0 heterocycles. The summed E-state index contributed by atoms with van der Waals surface area (Å²) in [7, 11) is 0. The highest BCUT2D eigenvalue weighted by Gasteiger charge is 2.15. The lowest BCUT2D eigenvalue weighted by atomic mass is 9.98. The quantitative estimate of drug-likeness (QED) is 0.674. The van der Waals surface area contributed by atoms with Crippen LogP contribution >= 0.6 is 23.2 Å². The van der Waals surface area contributed by atoms with E-state index in [1.807, 2.05) is 6.92 Å². The van der Waals surface area contributed by atoms with E-state index < -0.39 is 11.9 Å². The lowest BCUT2D eigenvalue weighted by Crippen LogP contribution is -2.03. The Morgan fingerprint density at radius 3 is 2.57 bits per heavy atom. The van der Waals surface area contributed by atoms with Crippen LogP contribution < -0.4 is 5.73 Å². The highest BCUT2D eigenvalue weighted by Crippen LogP contribution is 2.30. The zero-order valence-corrected chi connectivity index (χ0v) is 14.1. The summed E-state index contributed by atoms with van der Waals surface area (Å²) in [6.07, 6.45) is 0.653. The first-order valence-electron chi connectivity index (χ1n) is 7.20. The first-order valence-corrected chi connectivity index (χ1v) is 7.95. The van der Waals surface area contributed by atoms with Gasteiger partial charge < -0.3 is 15.9 Å². The fourth-order valence-electron chi connectivity index (χ4n) is 2.45. The largest absolute Gasteiger partial charge is 0.506 e. The number of aromatic hydroxyl groups is 1. The first-order chi connectivity index (χ1) is 10.8. The minimum Gasteiger partial charge on any atom is -0.506 e. The molecule has 2 aromatic rings. The molecule has 0 spiro atoms. The van der Waals surface area contributed by atoms with E-state index in [0.717, 1.165) is 17.2 Å². The average molecular weight is 358 g/mol. The topological polar surface area (TPSA) is 66.5 Å². The van der Waals surface area contributed by atoms with Crippen molar-refractivity contribution < 1.29 is 14.6 Å². The highest BCUT2D eigenvalue weighted by molar-refractivity contribution is 6.33. The lowest BCUT2D eigenvalue weighted by molar-refractivity contribution is 0.160. The zero-order chi connectivity index (χ0) is 17.1. The summed E-state index contributed by atoms with van der Waals surface area (Å²) in [6.45, 7) is 1.90. The second-order valence-electron chi connectivity index (χ2n) is 5.53. The molecule has 0 aliphatic rings. The van der Waals surface area contributed by atoms with Gasteiger partial charge in [-0.1, -0.05) is 23.2 Å². The number of benzene rings is 2. The lowest BCUT2D eigenvalue weighted by Gasteiger charge is -2.14. The fourth-order valence-corrected chi connectivity index (χ4v) is 2.82. The van der Waals surface area contributed by atoms with Gasteiger partial charge in [0.2, 0.25) is 0 Å². The molecule has 2 aromatic carbocycles. The molecule has 0 amide bonds. The van der Waals surface area contributed by atoms with Crippen molar-refractivity contribution in [3.05, 3.63) is 56.8 Å². The van der Waals surface area contributed by atoms with Gasteiger partial charge in [-0.25, -0.2) is 4.39 Å². The molecule has 6 heteroatoms. The Kier molecular flexibility index (Phi) is 5.74. The van der Waals surface area contributed by atoms with Crippen molar-refractivity contribution in [1.29, 1.82) is 0 Å². The summed E-state index contributed by atoms with van der Waals surface area (Å²) < 4.78 is 13.8. The number of anilines is 1. The van der Waals surface area contributed by atoms with Gasteiger partial charge in [-0.2, -0.15) is 0 Å². The van der Waals surface area contributed by atoms with E-state index in [1.165, 1.54) is 6.07 Å². The van der Waals surface area contributed by atoms with Gasteiger partial charge in [-0.15, -0.1) is 0 Å². The van der Waals surface area contributed by atoms with E-state index in [2.05, 4.69) is 0 Å². The second kappa shape index (κ2) is 7.39. The number of phenolic OH excluding ortho intramolecular Hbond substituents is 1. The van der Waals surface area contributed by atoms with Gasteiger partial charge in [0.05, 0.1) is 21.8 Å². The minimum absolute atomic E-state index is 0.0318. The molecule has 3 nitrogen and oxygen atoms in total. The van der Waals surface area contributed by atoms with Crippen molar-refractivity contribution >= 4 is 28.9 Å². The normalized spacial score (nSPS) is 12.4. The molecule has 0 saturated carbocycles. The standard InChI is InChI=1S/C17H18Cl2FNO2/c1-9-5-13(19)17(23)6-10(9)3-2-4-16(22)11-7-15(21)12(18)8-14(11)20/h5-8,16,22-23H,2-4,21H2,1H3. The van der Waals surface area contributed by atoms with Crippen LogP contribution in [0.2, 0.25) is 10.0 Å². The molecule has 4 N–H and O–H groups in total. The van der Waals surface area contributed by atoms with Crippen molar-refractivity contribution in [3.8, 4) is 5.75 Å². The monoisotopic (exact) mass is 357 g/mol. The van der Waals surface area contributed by atoms with Crippen LogP contribution in [-0.2, 0) is 6.42 Å². The molecule has 23 heavy (non-hydrogen) atoms. The Balaban J connectivity index is 2.02. The van der Waals surface area contributed by atoms with Crippen LogP contribution in [0.25, 0.3) is 0 Å². The van der Waals surface area contributed by atoms with Crippen molar-refractivity contribution in [3.63, 3.8) is 0 Å². The maximum atomic E-state index is 13.8. The van der Waals surface area contributed by atoms with Crippen LogP contribution in [-0.4, -0.2) is 10.2 Å². The summed E-state index contributed by atoms with van der Waals surface area (Å²) in [5.74, 6) is -0.540. The van der Waals surface area contributed by atoms with Crippen LogP contribution in [0.15, 0.2) is 24.3 Å². The van der Waals surface area contributed by atoms with Crippen LogP contribution in [0.5, 0.6) is 5.75 Å². The third-order valence-corrected chi connectivity index (χ3v) is 4.43. The third-order valence-electron chi connectivity index (χ3n) is 3.80. The van der Waals surface area contributed by atoms with E-state index in [4.69, 9.17) is 28.9 Å². The second-order valence-corrected chi connectivity index (χ2v) is 6.35. The van der Waals surface area contributed by atoms with Gasteiger partial charge in [0.25, 0.3) is 0 Å². The summed E-state index contributed by atoms with van der Waals surface area (Å²) >= 11 is 11.6. The van der Waals surface area contributed by atoms with E-state index in [-0.39, 0.29) is 22.0 Å². The summed E-state index contributed by atoms with van der Waals surface area (Å²) in [5, 5.41) is 20.2. The van der Waals surface area contributed by atoms with Gasteiger partial charge in [0.15, 0.2) is 0 Å². The van der Waals surface area contributed by atoms with E-state index >= 15 is 0 Å². The van der Waals surface area contributed by atoms with Crippen molar-refractivity contribution in [2.45, 2.75) is 32.3 Å². The van der Waals surface area contributed by atoms with Gasteiger partial charge in [-0.3, -0.25) is 0 Å². The molecule has 1 atom stereocenters. The Hall–Kier alpha value is -1.49. The first kappa shape index (κ1) is 17.9. The highest BCUT2D eigenvalue weighted by atomic mass is 35.5. The molecule has 0 aliphatic heterocycles. The van der Waals surface area contributed by atoms with Crippen molar-refractivity contribution in [2.75, 3.05) is 5.73 Å². The Bertz CT molecular complexity index is 722. The molecule has 2 rings (SSSR count). The molecule has 1 unspecified atom stereocenters. The van der Waals surface area contributed by atoms with Crippen molar-refractivity contribution in [1.82, 2.24) is 0 Å². The molecule has 0 saturated heterocycles. The summed E-state index contributed by atoms with van der Waals surface area (Å²) in [6, 6.07) is 5.78. The van der Waals surface area contributed by atoms with E-state index in [0.29, 0.717) is 24.3 Å². The predicted molar refractivity (Wildman–Crippen MR) is 91.6 cm³/mol. The fraction of sp³-hybridized carbons (Fsp3) is 0.294. The molecular weight excluding hydrogens is 340 g/mol. The zero-order valence-electron chi connectivity index (χ0n) is 12.6. The van der Waals surface area contributed by atoms with Gasteiger partial charge in [0.1, 0.15) is 11.6 Å². The number of phenols is 1. The number of hydrogen-bond acceptors (Lipinski definition) is 3. The third kappa shape index (κ3) is 4.28. The Morgan fingerprint density at radius 2 is 1.87 bits per heavy atom. The smallest absolute Gasteiger partial charge is 0.134 e. The Morgan fingerprint density at radius 1 is 1.17 bits per heavy atom. The van der Waals surface area contributed by atoms with Crippen LogP contribution in [0, 0.1) is 12.7 Å². The summed E-state index contributed by atoms with van der Waals surface area (Å²) in [4.78, 5) is 0. The molecule has 0 bridgehead atoms. The van der Waals surface area contributed by atoms with Gasteiger partial charge in [0, 0.05) is 5.56 Å². The number of rotatable bonds is 5. The molecule has 0 radical (unpaired) electrons. The molecule has 0 aromatic heterocycles. The van der Waals surface area contributed by atoms with Gasteiger partial charge >= 0.3 is 0 Å². The Labute approximate surface area is 144 Å². The maximum absolute atomic E-state index is 13.8. The average Bonchev–Trinajstić information content (AvgIpc) is 2.48. The predicted octanol–water partition coefficient (Wildman–Crippen LogP) is 4.79. The molecule has 0 aliphatic carbocycles. The SMILES string of the molecule is Cc1cc(Cl)c(O)cc1CCCC(O)c1cc(N)c(Cl)cc1F. The maximum Gasteiger partial charge on any atom is 0.134 e. The number of nitrogen functional groups attached to an aromatic ring is 1. The molecular formula is C17H18Cl2FNO2. The van der Waals surface area contributed by atoms with Crippen LogP contribution in [0.3, 0.4) is 0 Å². The number of nitrogens with two attached hydrogens (primary N) is 1. The number of halogens is 3. The number of aryl methyl sites for hydroxylation is 2.